The molecule has 0 aliphatic carbocycles. The zero-order chi connectivity index (χ0) is 27.6. The first-order valence-electron chi connectivity index (χ1n) is 13.4. The average molecular weight is 539 g/mol. The van der Waals surface area contributed by atoms with Gasteiger partial charge >= 0.3 is 5.69 Å². The summed E-state index contributed by atoms with van der Waals surface area (Å²) >= 11 is 0. The molecular formula is C29H30N8O3. The van der Waals surface area contributed by atoms with Gasteiger partial charge in [0.1, 0.15) is 17.8 Å². The van der Waals surface area contributed by atoms with E-state index in [2.05, 4.69) is 25.3 Å². The topological polar surface area (TPSA) is 132 Å². The maximum Gasteiger partial charge on any atom is 0.326 e. The van der Waals surface area contributed by atoms with E-state index in [1.807, 2.05) is 75.2 Å². The number of carbonyl (C=O) groups excluding carboxylic acids is 2. The van der Waals surface area contributed by atoms with Crippen molar-refractivity contribution in [2.45, 2.75) is 25.8 Å². The highest BCUT2D eigenvalue weighted by Crippen LogP contribution is 2.31. The molecule has 0 bridgehead atoms. The molecule has 0 unspecified atom stereocenters. The highest BCUT2D eigenvalue weighted by atomic mass is 16.2. The number of nitrogens with one attached hydrogen (secondary N) is 3. The Morgan fingerprint density at radius 2 is 1.90 bits per heavy atom. The van der Waals surface area contributed by atoms with E-state index in [0.717, 1.165) is 22.1 Å². The first-order chi connectivity index (χ1) is 19.5. The van der Waals surface area contributed by atoms with Crippen LogP contribution in [0.25, 0.3) is 22.1 Å². The molecule has 0 saturated carbocycles. The van der Waals surface area contributed by atoms with Crippen LogP contribution in [0.5, 0.6) is 0 Å². The van der Waals surface area contributed by atoms with Gasteiger partial charge in [0.05, 0.1) is 16.4 Å². The highest BCUT2D eigenvalue weighted by Gasteiger charge is 2.27. The van der Waals surface area contributed by atoms with Crippen molar-refractivity contribution in [2.24, 2.45) is 0 Å². The van der Waals surface area contributed by atoms with Gasteiger partial charge in [-0.25, -0.2) is 14.8 Å². The summed E-state index contributed by atoms with van der Waals surface area (Å²) in [7, 11) is 0. The normalized spacial score (nSPS) is 14.1. The molecule has 1 saturated heterocycles. The van der Waals surface area contributed by atoms with Gasteiger partial charge in [-0.2, -0.15) is 0 Å². The first-order valence-corrected chi connectivity index (χ1v) is 13.4. The standard InChI is InChI=1S/C29H30N8O3/c1-19(38)30-13-16-36(27-23-9-12-31-26(23)32-18-33-27)22-6-4-5-20(17-22)28(39)35-14-10-21(11-15-35)37-25-8-3-2-7-24(25)34-29(37)40/h2-9,12,17-18,21H,10-11,13-16H2,1H3,(H,30,38)(H,34,40)(H,31,32,33). The number of H-pyrrole nitrogens is 2. The van der Waals surface area contributed by atoms with E-state index < -0.39 is 0 Å². The van der Waals surface area contributed by atoms with E-state index in [1.54, 1.807) is 0 Å². The lowest BCUT2D eigenvalue weighted by Crippen LogP contribution is -2.40. The van der Waals surface area contributed by atoms with Crippen LogP contribution < -0.4 is 15.9 Å². The molecule has 1 aliphatic heterocycles. The number of hydrogen-bond donors (Lipinski definition) is 3. The van der Waals surface area contributed by atoms with Gasteiger partial charge in [-0.15, -0.1) is 0 Å². The molecule has 204 valence electrons. The minimum Gasteiger partial charge on any atom is -0.355 e. The van der Waals surface area contributed by atoms with Gasteiger partial charge in [0.15, 0.2) is 0 Å². The summed E-state index contributed by atoms with van der Waals surface area (Å²) < 4.78 is 1.83. The summed E-state index contributed by atoms with van der Waals surface area (Å²) in [4.78, 5) is 56.5. The lowest BCUT2D eigenvalue weighted by Gasteiger charge is -2.33. The summed E-state index contributed by atoms with van der Waals surface area (Å²) in [6.45, 7) is 3.46. The van der Waals surface area contributed by atoms with Crippen molar-refractivity contribution in [2.75, 3.05) is 31.1 Å². The molecule has 2 aromatic carbocycles. The van der Waals surface area contributed by atoms with E-state index in [-0.39, 0.29) is 23.5 Å². The predicted octanol–water partition coefficient (Wildman–Crippen LogP) is 3.35. The Morgan fingerprint density at radius 1 is 1.07 bits per heavy atom. The van der Waals surface area contributed by atoms with Gasteiger partial charge < -0.3 is 25.1 Å². The van der Waals surface area contributed by atoms with Crippen LogP contribution in [0.3, 0.4) is 0 Å². The van der Waals surface area contributed by atoms with Crippen molar-refractivity contribution in [3.8, 4) is 0 Å². The number of rotatable bonds is 7. The third-order valence-corrected chi connectivity index (χ3v) is 7.44. The van der Waals surface area contributed by atoms with Crippen LogP contribution in [-0.2, 0) is 4.79 Å². The summed E-state index contributed by atoms with van der Waals surface area (Å²) in [5.41, 5.74) is 3.68. The third-order valence-electron chi connectivity index (χ3n) is 7.44. The first kappa shape index (κ1) is 25.4. The van der Waals surface area contributed by atoms with Gasteiger partial charge in [-0.05, 0) is 49.2 Å². The van der Waals surface area contributed by atoms with E-state index in [4.69, 9.17) is 0 Å². The van der Waals surface area contributed by atoms with Crippen LogP contribution in [0.2, 0.25) is 0 Å². The second kappa shape index (κ2) is 10.7. The minimum atomic E-state index is -0.114. The van der Waals surface area contributed by atoms with E-state index >= 15 is 0 Å². The molecule has 5 aromatic rings. The van der Waals surface area contributed by atoms with Crippen molar-refractivity contribution >= 4 is 45.4 Å². The van der Waals surface area contributed by atoms with Gasteiger partial charge in [-0.1, -0.05) is 18.2 Å². The zero-order valence-electron chi connectivity index (χ0n) is 22.1. The molecular weight excluding hydrogens is 508 g/mol. The number of imidazole rings is 1. The lowest BCUT2D eigenvalue weighted by molar-refractivity contribution is -0.118. The van der Waals surface area contributed by atoms with Gasteiger partial charge in [-0.3, -0.25) is 14.2 Å². The summed E-state index contributed by atoms with van der Waals surface area (Å²) in [6, 6.07) is 17.1. The lowest BCUT2D eigenvalue weighted by atomic mass is 10.0. The molecule has 0 radical (unpaired) electrons. The fraction of sp³-hybridized carbons (Fsp3) is 0.276. The fourth-order valence-electron chi connectivity index (χ4n) is 5.53. The van der Waals surface area contributed by atoms with Gasteiger partial charge in [0.2, 0.25) is 5.91 Å². The molecule has 1 aliphatic rings. The number of aromatic amines is 2. The maximum atomic E-state index is 13.6. The van der Waals surface area contributed by atoms with Crippen molar-refractivity contribution < 1.29 is 9.59 Å². The average Bonchev–Trinajstić information content (AvgIpc) is 3.59. The predicted molar refractivity (Wildman–Crippen MR) is 153 cm³/mol. The molecule has 3 N–H and O–H groups in total. The maximum absolute atomic E-state index is 13.6. The number of para-hydroxylation sites is 2. The van der Waals surface area contributed by atoms with Crippen LogP contribution in [-0.4, -0.2) is 67.4 Å². The Bertz CT molecular complexity index is 1740. The molecule has 11 nitrogen and oxygen atoms in total. The highest BCUT2D eigenvalue weighted by molar-refractivity contribution is 5.96. The summed E-state index contributed by atoms with van der Waals surface area (Å²) in [5.74, 6) is 0.519. The number of piperidine rings is 1. The summed E-state index contributed by atoms with van der Waals surface area (Å²) in [5, 5.41) is 3.69. The number of carbonyl (C=O) groups is 2. The minimum absolute atomic E-state index is 0.0322. The molecule has 4 heterocycles. The number of aromatic nitrogens is 5. The van der Waals surface area contributed by atoms with Crippen LogP contribution in [0.15, 0.2) is 71.9 Å². The number of amides is 2. The molecule has 6 rings (SSSR count). The number of likely N-dealkylation sites (tertiary alicyclic amines) is 1. The van der Waals surface area contributed by atoms with Crippen LogP contribution in [0, 0.1) is 0 Å². The molecule has 2 amide bonds. The quantitative estimate of drug-likeness (QED) is 0.291. The van der Waals surface area contributed by atoms with E-state index in [1.165, 1.54) is 13.3 Å². The van der Waals surface area contributed by atoms with E-state index in [9.17, 15) is 14.4 Å². The number of anilines is 2. The zero-order valence-corrected chi connectivity index (χ0v) is 22.1. The molecule has 11 heteroatoms. The van der Waals surface area contributed by atoms with Gasteiger partial charge in [0.25, 0.3) is 5.91 Å². The summed E-state index contributed by atoms with van der Waals surface area (Å²) in [6.07, 6.45) is 4.70. The molecule has 0 spiro atoms. The van der Waals surface area contributed by atoms with Crippen LogP contribution in [0.1, 0.15) is 36.2 Å². The Hall–Kier alpha value is -4.93. The Morgan fingerprint density at radius 3 is 2.73 bits per heavy atom. The van der Waals surface area contributed by atoms with Crippen LogP contribution >= 0.6 is 0 Å². The number of nitrogens with zero attached hydrogens (tertiary/aromatic N) is 5. The van der Waals surface area contributed by atoms with Crippen molar-refractivity contribution in [3.63, 3.8) is 0 Å². The monoisotopic (exact) mass is 538 g/mol. The second-order valence-corrected chi connectivity index (χ2v) is 9.96. The Balaban J connectivity index is 1.22. The second-order valence-electron chi connectivity index (χ2n) is 9.96. The Kier molecular flexibility index (Phi) is 6.77. The molecule has 0 atom stereocenters. The SMILES string of the molecule is CC(=O)NCCN(c1cccc(C(=O)N2CCC(n3c(=O)[nH]c4ccccc43)CC2)c1)c1ncnc2[nH]ccc12. The molecule has 1 fully saturated rings. The fourth-order valence-corrected chi connectivity index (χ4v) is 5.53. The number of hydrogen-bond acceptors (Lipinski definition) is 6. The van der Waals surface area contributed by atoms with Crippen LogP contribution in [0.4, 0.5) is 11.5 Å². The van der Waals surface area contributed by atoms with Crippen molar-refractivity contribution in [3.05, 3.63) is 83.2 Å². The van der Waals surface area contributed by atoms with E-state index in [0.29, 0.717) is 56.0 Å². The molecule has 40 heavy (non-hydrogen) atoms. The number of benzene rings is 2. The smallest absolute Gasteiger partial charge is 0.326 e. The van der Waals surface area contributed by atoms with Gasteiger partial charge in [0, 0.05) is 56.6 Å². The Labute approximate surface area is 229 Å². The van der Waals surface area contributed by atoms with Crippen molar-refractivity contribution in [1.82, 2.24) is 34.7 Å². The third kappa shape index (κ3) is 4.81. The number of fused-ring (bicyclic) bond motifs is 2. The molecule has 3 aromatic heterocycles. The van der Waals surface area contributed by atoms with Crippen molar-refractivity contribution in [1.29, 1.82) is 0 Å². The largest absolute Gasteiger partial charge is 0.355 e.